The van der Waals surface area contributed by atoms with Gasteiger partial charge >= 0.3 is 6.01 Å². The second kappa shape index (κ2) is 9.64. The summed E-state index contributed by atoms with van der Waals surface area (Å²) in [5, 5.41) is 3.13. The molecule has 2 bridgehead atoms. The third kappa shape index (κ3) is 5.22. The molecule has 2 aromatic rings. The highest BCUT2D eigenvalue weighted by Gasteiger charge is 2.47. The number of hydrogen-bond acceptors (Lipinski definition) is 7. The molecule has 1 amide bonds. The zero-order valence-electron chi connectivity index (χ0n) is 20.1. The van der Waals surface area contributed by atoms with Crippen molar-refractivity contribution in [1.82, 2.24) is 25.2 Å². The van der Waals surface area contributed by atoms with Gasteiger partial charge in [0.15, 0.2) is 5.67 Å². The van der Waals surface area contributed by atoms with E-state index in [1.807, 2.05) is 4.90 Å². The van der Waals surface area contributed by atoms with Crippen LogP contribution in [0.4, 0.5) is 14.7 Å². The van der Waals surface area contributed by atoms with Gasteiger partial charge in [-0.05, 0) is 62.9 Å². The number of hydrogen-bond donors (Lipinski definition) is 1. The summed E-state index contributed by atoms with van der Waals surface area (Å²) in [4.78, 5) is 30.0. The lowest BCUT2D eigenvalue weighted by Crippen LogP contribution is -2.59. The molecule has 1 atom stereocenters. The standard InChI is InChI=1S/C25H32F2N6O2/c1-24(8-13-32-11-6-19(24)7-12-32)31-21(34)25(27)9-14-33(15-10-25)22-28-17-29-23(30-22)35-16-18-2-4-20(26)5-3-18/h2-5,17,19H,6-16H2,1H3,(H,31,34). The lowest BCUT2D eigenvalue weighted by molar-refractivity contribution is -0.137. The smallest absolute Gasteiger partial charge is 0.321 e. The molecule has 1 aromatic carbocycles. The van der Waals surface area contributed by atoms with Gasteiger partial charge in [-0.3, -0.25) is 4.79 Å². The first kappa shape index (κ1) is 23.8. The molecular formula is C25H32F2N6O2. The van der Waals surface area contributed by atoms with Gasteiger partial charge in [-0.2, -0.15) is 9.97 Å². The van der Waals surface area contributed by atoms with Gasteiger partial charge in [0, 0.05) is 38.0 Å². The van der Waals surface area contributed by atoms with Crippen molar-refractivity contribution in [3.8, 4) is 6.01 Å². The maximum Gasteiger partial charge on any atom is 0.321 e. The van der Waals surface area contributed by atoms with E-state index in [9.17, 15) is 9.18 Å². The number of aromatic nitrogens is 3. The quantitative estimate of drug-likeness (QED) is 0.672. The van der Waals surface area contributed by atoms with Crippen LogP contribution < -0.4 is 15.0 Å². The first-order valence-electron chi connectivity index (χ1n) is 12.4. The Bertz CT molecular complexity index is 1040. The van der Waals surface area contributed by atoms with Crippen LogP contribution in [0.5, 0.6) is 6.01 Å². The van der Waals surface area contributed by atoms with E-state index in [1.165, 1.54) is 18.5 Å². The fourth-order valence-corrected chi connectivity index (χ4v) is 5.44. The predicted octanol–water partition coefficient (Wildman–Crippen LogP) is 2.89. The van der Waals surface area contributed by atoms with E-state index in [-0.39, 0.29) is 36.8 Å². The minimum atomic E-state index is -1.90. The summed E-state index contributed by atoms with van der Waals surface area (Å²) in [5.41, 5.74) is -1.48. The van der Waals surface area contributed by atoms with Crippen LogP contribution in [-0.2, 0) is 11.4 Å². The predicted molar refractivity (Wildman–Crippen MR) is 126 cm³/mol. The molecule has 188 valence electrons. The van der Waals surface area contributed by atoms with Crippen LogP contribution in [0.25, 0.3) is 0 Å². The van der Waals surface area contributed by atoms with E-state index in [4.69, 9.17) is 4.74 Å². The van der Waals surface area contributed by atoms with E-state index in [1.54, 1.807) is 12.1 Å². The number of ether oxygens (including phenoxy) is 1. The van der Waals surface area contributed by atoms with Gasteiger partial charge in [0.2, 0.25) is 5.95 Å². The van der Waals surface area contributed by atoms with Gasteiger partial charge in [-0.15, -0.1) is 0 Å². The van der Waals surface area contributed by atoms with E-state index in [0.29, 0.717) is 25.0 Å². The number of piperidine rings is 2. The van der Waals surface area contributed by atoms with E-state index in [0.717, 1.165) is 44.5 Å². The number of alkyl halides is 1. The van der Waals surface area contributed by atoms with Gasteiger partial charge < -0.3 is 19.9 Å². The van der Waals surface area contributed by atoms with Gasteiger partial charge in [0.25, 0.3) is 5.91 Å². The van der Waals surface area contributed by atoms with Crippen LogP contribution in [0, 0.1) is 11.7 Å². The lowest BCUT2D eigenvalue weighted by atomic mass is 9.78. The Morgan fingerprint density at radius 2 is 1.80 bits per heavy atom. The van der Waals surface area contributed by atoms with Crippen molar-refractivity contribution < 1.29 is 18.3 Å². The molecule has 0 radical (unpaired) electrons. The van der Waals surface area contributed by atoms with Crippen molar-refractivity contribution in [3.05, 3.63) is 42.0 Å². The van der Waals surface area contributed by atoms with E-state index in [2.05, 4.69) is 32.1 Å². The highest BCUT2D eigenvalue weighted by molar-refractivity contribution is 5.86. The second-order valence-electron chi connectivity index (χ2n) is 10.2. The molecule has 4 saturated heterocycles. The van der Waals surface area contributed by atoms with Crippen LogP contribution in [-0.4, -0.2) is 69.7 Å². The van der Waals surface area contributed by atoms with Crippen LogP contribution >= 0.6 is 0 Å². The van der Waals surface area contributed by atoms with Crippen LogP contribution in [0.3, 0.4) is 0 Å². The van der Waals surface area contributed by atoms with Crippen molar-refractivity contribution >= 4 is 11.9 Å². The zero-order valence-corrected chi connectivity index (χ0v) is 20.1. The molecule has 1 unspecified atom stereocenters. The summed E-state index contributed by atoms with van der Waals surface area (Å²) in [6, 6.07) is 6.13. The summed E-state index contributed by atoms with van der Waals surface area (Å²) in [6.45, 7) is 5.99. The molecule has 1 N–H and O–H groups in total. The largest absolute Gasteiger partial charge is 0.458 e. The van der Waals surface area contributed by atoms with Gasteiger partial charge in [0.05, 0.1) is 0 Å². The number of carbonyl (C=O) groups is 1. The number of fused-ring (bicyclic) bond motifs is 4. The highest BCUT2D eigenvalue weighted by atomic mass is 19.1. The maximum atomic E-state index is 15.8. The fraction of sp³-hybridized carbons (Fsp3) is 0.600. The molecule has 1 aromatic heterocycles. The topological polar surface area (TPSA) is 83.5 Å². The van der Waals surface area contributed by atoms with Gasteiger partial charge in [0.1, 0.15) is 18.8 Å². The highest BCUT2D eigenvalue weighted by Crippen LogP contribution is 2.37. The third-order valence-corrected chi connectivity index (χ3v) is 7.90. The summed E-state index contributed by atoms with van der Waals surface area (Å²) >= 11 is 0. The molecule has 8 nitrogen and oxygen atoms in total. The van der Waals surface area contributed by atoms with Gasteiger partial charge in [-0.25, -0.2) is 13.8 Å². The summed E-state index contributed by atoms with van der Waals surface area (Å²) in [5.74, 6) is -0.0165. The van der Waals surface area contributed by atoms with Crippen LogP contribution in [0.1, 0.15) is 44.6 Å². The molecule has 4 aliphatic heterocycles. The number of amides is 1. The molecule has 0 saturated carbocycles. The average Bonchev–Trinajstić information content (AvgIpc) is 3.12. The minimum Gasteiger partial charge on any atom is -0.458 e. The maximum absolute atomic E-state index is 15.8. The lowest BCUT2D eigenvalue weighted by Gasteiger charge is -2.41. The van der Waals surface area contributed by atoms with Crippen LogP contribution in [0.15, 0.2) is 30.6 Å². The second-order valence-corrected chi connectivity index (χ2v) is 10.2. The number of benzene rings is 1. The van der Waals surface area contributed by atoms with Gasteiger partial charge in [-0.1, -0.05) is 12.1 Å². The SMILES string of the molecule is CC1(NC(=O)C2(F)CCN(c3ncnc(OCc4ccc(F)cc4)n3)CC2)CCN2CCC1CC2. The normalized spacial score (nSPS) is 27.8. The number of nitrogens with one attached hydrogen (secondary N) is 1. The number of rotatable bonds is 6. The molecule has 0 aliphatic carbocycles. The Morgan fingerprint density at radius 1 is 1.09 bits per heavy atom. The Hall–Kier alpha value is -2.88. The van der Waals surface area contributed by atoms with Crippen molar-refractivity contribution in [3.63, 3.8) is 0 Å². The molecule has 4 aliphatic rings. The summed E-state index contributed by atoms with van der Waals surface area (Å²) < 4.78 is 34.5. The molecule has 0 spiro atoms. The minimum absolute atomic E-state index is 0.0726. The molecular weight excluding hydrogens is 454 g/mol. The molecule has 10 heteroatoms. The van der Waals surface area contributed by atoms with Crippen molar-refractivity contribution in [2.24, 2.45) is 5.92 Å². The van der Waals surface area contributed by atoms with E-state index < -0.39 is 11.6 Å². The Labute approximate surface area is 204 Å². The Morgan fingerprint density at radius 3 is 2.51 bits per heavy atom. The van der Waals surface area contributed by atoms with Crippen molar-refractivity contribution in [1.29, 1.82) is 0 Å². The number of anilines is 1. The number of carbonyl (C=O) groups excluding carboxylic acids is 1. The number of nitrogens with zero attached hydrogens (tertiary/aromatic N) is 5. The molecule has 35 heavy (non-hydrogen) atoms. The monoisotopic (exact) mass is 486 g/mol. The number of halogens is 2. The Kier molecular flexibility index (Phi) is 6.57. The fourth-order valence-electron chi connectivity index (χ4n) is 5.44. The first-order chi connectivity index (χ1) is 16.8. The molecule has 4 fully saturated rings. The first-order valence-corrected chi connectivity index (χ1v) is 12.4. The van der Waals surface area contributed by atoms with Crippen molar-refractivity contribution in [2.45, 2.75) is 56.8 Å². The molecule has 6 rings (SSSR count). The summed E-state index contributed by atoms with van der Waals surface area (Å²) in [6.07, 6.45) is 4.46. The summed E-state index contributed by atoms with van der Waals surface area (Å²) in [7, 11) is 0. The van der Waals surface area contributed by atoms with Crippen molar-refractivity contribution in [2.75, 3.05) is 37.6 Å². The van der Waals surface area contributed by atoms with E-state index >= 15 is 4.39 Å². The average molecular weight is 487 g/mol. The molecule has 5 heterocycles. The van der Waals surface area contributed by atoms with Crippen LogP contribution in [0.2, 0.25) is 0 Å². The zero-order chi connectivity index (χ0) is 24.5. The Balaban J connectivity index is 1.17. The third-order valence-electron chi connectivity index (χ3n) is 7.90.